The van der Waals surface area contributed by atoms with Gasteiger partial charge in [0, 0.05) is 23.7 Å². The number of aromatic nitrogens is 1. The quantitative estimate of drug-likeness (QED) is 0.799. The highest BCUT2D eigenvalue weighted by Gasteiger charge is 2.36. The van der Waals surface area contributed by atoms with E-state index in [1.165, 1.54) is 6.07 Å². The summed E-state index contributed by atoms with van der Waals surface area (Å²) in [4.78, 5) is 3.18. The zero-order valence-electron chi connectivity index (χ0n) is 13.0. The van der Waals surface area contributed by atoms with E-state index in [-0.39, 0.29) is 10.9 Å². The van der Waals surface area contributed by atoms with Crippen molar-refractivity contribution in [2.75, 3.05) is 6.61 Å². The van der Waals surface area contributed by atoms with Gasteiger partial charge in [-0.3, -0.25) is 0 Å². The lowest BCUT2D eigenvalue weighted by Crippen LogP contribution is -2.41. The molecule has 2 nitrogen and oxygen atoms in total. The largest absolute Gasteiger partial charge is 0.416 e. The summed E-state index contributed by atoms with van der Waals surface area (Å²) >= 11 is 0. The fraction of sp³-hybridized carbons (Fsp3) is 0.500. The van der Waals surface area contributed by atoms with Crippen LogP contribution in [-0.4, -0.2) is 19.9 Å². The number of halogens is 1. The predicted octanol–water partition coefficient (Wildman–Crippen LogP) is 4.87. The Bertz CT molecular complexity index is 598. The van der Waals surface area contributed by atoms with Crippen LogP contribution in [0.3, 0.4) is 0 Å². The van der Waals surface area contributed by atoms with Crippen LogP contribution in [-0.2, 0) is 10.8 Å². The lowest BCUT2D eigenvalue weighted by atomic mass is 10.1. The second-order valence-electron chi connectivity index (χ2n) is 6.86. The van der Waals surface area contributed by atoms with Crippen LogP contribution in [0.2, 0.25) is 18.1 Å². The van der Waals surface area contributed by atoms with Crippen LogP contribution in [0.25, 0.3) is 10.9 Å². The Balaban J connectivity index is 2.05. The van der Waals surface area contributed by atoms with E-state index >= 15 is 0 Å². The van der Waals surface area contributed by atoms with Crippen molar-refractivity contribution in [3.05, 3.63) is 35.8 Å². The third kappa shape index (κ3) is 3.12. The fourth-order valence-electron chi connectivity index (χ4n) is 1.99. The van der Waals surface area contributed by atoms with Gasteiger partial charge < -0.3 is 9.41 Å². The summed E-state index contributed by atoms with van der Waals surface area (Å²) < 4.78 is 19.5. The summed E-state index contributed by atoms with van der Waals surface area (Å²) in [5.41, 5.74) is 2.10. The van der Waals surface area contributed by atoms with E-state index in [9.17, 15) is 4.39 Å². The summed E-state index contributed by atoms with van der Waals surface area (Å²) in [5.74, 6) is -0.191. The zero-order chi connectivity index (χ0) is 15.0. The Hall–Kier alpha value is -1.13. The van der Waals surface area contributed by atoms with Crippen LogP contribution in [0.1, 0.15) is 26.3 Å². The average Bonchev–Trinajstić information content (AvgIpc) is 2.70. The van der Waals surface area contributed by atoms with Crippen molar-refractivity contribution in [2.24, 2.45) is 0 Å². The molecule has 0 fully saturated rings. The van der Waals surface area contributed by atoms with E-state index in [0.717, 1.165) is 22.9 Å². The maximum atomic E-state index is 13.3. The summed E-state index contributed by atoms with van der Waals surface area (Å²) in [7, 11) is -1.70. The van der Waals surface area contributed by atoms with E-state index in [4.69, 9.17) is 4.43 Å². The van der Waals surface area contributed by atoms with E-state index in [1.807, 2.05) is 6.20 Å². The first-order valence-corrected chi connectivity index (χ1v) is 10.0. The van der Waals surface area contributed by atoms with Crippen molar-refractivity contribution >= 4 is 19.2 Å². The highest BCUT2D eigenvalue weighted by molar-refractivity contribution is 6.74. The van der Waals surface area contributed by atoms with Gasteiger partial charge in [-0.25, -0.2) is 4.39 Å². The molecule has 1 aromatic heterocycles. The minimum atomic E-state index is -1.70. The number of benzene rings is 1. The molecule has 0 aliphatic carbocycles. The lowest BCUT2D eigenvalue weighted by Gasteiger charge is -2.36. The molecule has 0 radical (unpaired) electrons. The lowest BCUT2D eigenvalue weighted by molar-refractivity contribution is 0.292. The summed E-state index contributed by atoms with van der Waals surface area (Å²) in [5, 5.41) is 1.18. The molecule has 0 saturated carbocycles. The van der Waals surface area contributed by atoms with Gasteiger partial charge in [0.2, 0.25) is 0 Å². The normalized spacial score (nSPS) is 13.1. The van der Waals surface area contributed by atoms with Crippen LogP contribution in [0.5, 0.6) is 0 Å². The molecule has 20 heavy (non-hydrogen) atoms. The minimum absolute atomic E-state index is 0.191. The van der Waals surface area contributed by atoms with Crippen LogP contribution in [0.4, 0.5) is 4.39 Å². The minimum Gasteiger partial charge on any atom is -0.416 e. The van der Waals surface area contributed by atoms with Gasteiger partial charge in [0.1, 0.15) is 5.82 Å². The highest BCUT2D eigenvalue weighted by atomic mass is 28.4. The first-order chi connectivity index (χ1) is 9.21. The van der Waals surface area contributed by atoms with Crippen molar-refractivity contribution < 1.29 is 8.82 Å². The summed E-state index contributed by atoms with van der Waals surface area (Å²) in [6, 6.07) is 4.85. The van der Waals surface area contributed by atoms with Crippen molar-refractivity contribution in [1.82, 2.24) is 4.98 Å². The van der Waals surface area contributed by atoms with E-state index in [1.54, 1.807) is 12.1 Å². The van der Waals surface area contributed by atoms with Crippen LogP contribution >= 0.6 is 0 Å². The average molecular weight is 293 g/mol. The molecule has 2 aromatic rings. The van der Waals surface area contributed by atoms with Gasteiger partial charge in [-0.1, -0.05) is 20.8 Å². The Labute approximate surface area is 121 Å². The van der Waals surface area contributed by atoms with Gasteiger partial charge in [-0.2, -0.15) is 0 Å². The maximum absolute atomic E-state index is 13.3. The molecule has 1 aromatic carbocycles. The van der Waals surface area contributed by atoms with Crippen LogP contribution in [0, 0.1) is 5.82 Å². The van der Waals surface area contributed by atoms with Gasteiger partial charge in [0.25, 0.3) is 0 Å². The number of H-pyrrole nitrogens is 1. The molecule has 4 heteroatoms. The molecule has 0 aliphatic rings. The van der Waals surface area contributed by atoms with Gasteiger partial charge in [-0.05, 0) is 48.3 Å². The number of rotatable bonds is 4. The van der Waals surface area contributed by atoms with Crippen LogP contribution < -0.4 is 0 Å². The molecule has 0 amide bonds. The van der Waals surface area contributed by atoms with Crippen LogP contribution in [0.15, 0.2) is 24.4 Å². The Kier molecular flexibility index (Phi) is 4.07. The highest BCUT2D eigenvalue weighted by Crippen LogP contribution is 2.36. The molecule has 0 spiro atoms. The monoisotopic (exact) mass is 293 g/mol. The number of hydrogen-bond donors (Lipinski definition) is 1. The Morgan fingerprint density at radius 3 is 2.60 bits per heavy atom. The Morgan fingerprint density at radius 1 is 1.25 bits per heavy atom. The Morgan fingerprint density at radius 2 is 1.95 bits per heavy atom. The first-order valence-electron chi connectivity index (χ1n) is 7.10. The first kappa shape index (κ1) is 15.3. The molecule has 0 unspecified atom stereocenters. The molecule has 2 rings (SSSR count). The molecule has 1 N–H and O–H groups in total. The third-order valence-electron chi connectivity index (χ3n) is 4.37. The number of fused-ring (bicyclic) bond motifs is 1. The number of aromatic amines is 1. The molecule has 0 aliphatic heterocycles. The summed E-state index contributed by atoms with van der Waals surface area (Å²) in [6.07, 6.45) is 2.77. The second-order valence-corrected chi connectivity index (χ2v) is 11.7. The van der Waals surface area contributed by atoms with Gasteiger partial charge in [0.05, 0.1) is 0 Å². The zero-order valence-corrected chi connectivity index (χ0v) is 14.0. The van der Waals surface area contributed by atoms with Gasteiger partial charge in [0.15, 0.2) is 8.32 Å². The van der Waals surface area contributed by atoms with Crippen molar-refractivity contribution in [1.29, 1.82) is 0 Å². The van der Waals surface area contributed by atoms with E-state index in [0.29, 0.717) is 6.61 Å². The molecule has 1 heterocycles. The van der Waals surface area contributed by atoms with Crippen molar-refractivity contribution in [3.8, 4) is 0 Å². The molecular formula is C16H24FNOSi. The summed E-state index contributed by atoms with van der Waals surface area (Å²) in [6.45, 7) is 11.9. The molecule has 0 atom stereocenters. The topological polar surface area (TPSA) is 25.0 Å². The standard InChI is InChI=1S/C16H24FNOSi/c1-16(2,3)20(4,5)19-9-8-12-11-18-15-7-6-13(17)10-14(12)15/h6-7,10-11,18H,8-9H2,1-5H3. The van der Waals surface area contributed by atoms with E-state index < -0.39 is 8.32 Å². The van der Waals surface area contributed by atoms with E-state index in [2.05, 4.69) is 38.8 Å². The van der Waals surface area contributed by atoms with Crippen molar-refractivity contribution in [3.63, 3.8) is 0 Å². The second kappa shape index (κ2) is 5.33. The predicted molar refractivity (Wildman–Crippen MR) is 85.1 cm³/mol. The third-order valence-corrected chi connectivity index (χ3v) is 8.91. The van der Waals surface area contributed by atoms with Gasteiger partial charge in [-0.15, -0.1) is 0 Å². The fourth-order valence-corrected chi connectivity index (χ4v) is 3.04. The maximum Gasteiger partial charge on any atom is 0.191 e. The molecule has 110 valence electrons. The molecule has 0 bridgehead atoms. The molecule has 0 saturated heterocycles. The van der Waals surface area contributed by atoms with Crippen molar-refractivity contribution in [2.45, 2.75) is 45.3 Å². The SMILES string of the molecule is CC(C)(C)[Si](C)(C)OCCc1c[nH]c2ccc(F)cc12. The number of hydrogen-bond acceptors (Lipinski definition) is 1. The smallest absolute Gasteiger partial charge is 0.191 e. The van der Waals surface area contributed by atoms with Gasteiger partial charge >= 0.3 is 0 Å². The number of nitrogens with one attached hydrogen (secondary N) is 1. The molecular weight excluding hydrogens is 269 g/mol.